The molecule has 0 aliphatic carbocycles. The lowest BCUT2D eigenvalue weighted by Crippen LogP contribution is -1.99. The summed E-state index contributed by atoms with van der Waals surface area (Å²) in [6, 6.07) is 26.7. The van der Waals surface area contributed by atoms with Crippen LogP contribution < -0.4 is 5.32 Å². The topological polar surface area (TPSA) is 190 Å². The third-order valence-electron chi connectivity index (χ3n) is 5.92. The molecule has 0 unspecified atom stereocenters. The van der Waals surface area contributed by atoms with Crippen molar-refractivity contribution in [2.75, 3.05) is 5.32 Å². The van der Waals surface area contributed by atoms with Gasteiger partial charge in [-0.05, 0) is 90.3 Å². The Bertz CT molecular complexity index is 2050. The second-order valence-corrected chi connectivity index (χ2v) is 11.7. The number of rotatable bonds is 8. The highest BCUT2D eigenvalue weighted by atomic mass is 32.2. The highest BCUT2D eigenvalue weighted by Gasteiger charge is 2.22. The molecule has 5 aromatic rings. The first-order chi connectivity index (χ1) is 20.0. The van der Waals surface area contributed by atoms with E-state index in [0.29, 0.717) is 27.8 Å². The van der Waals surface area contributed by atoms with Gasteiger partial charge in [0.05, 0.1) is 22.0 Å². The summed E-state index contributed by atoms with van der Waals surface area (Å²) >= 11 is 0. The number of azo groups is 2. The third kappa shape index (κ3) is 6.64. The van der Waals surface area contributed by atoms with Gasteiger partial charge in [0.2, 0.25) is 0 Å². The van der Waals surface area contributed by atoms with Crippen LogP contribution in [0.2, 0.25) is 0 Å². The first-order valence-corrected chi connectivity index (χ1v) is 15.0. The molecule has 12 nitrogen and oxygen atoms in total. The average Bonchev–Trinajstić information content (AvgIpc) is 2.96. The predicted octanol–water partition coefficient (Wildman–Crippen LogP) is 7.61. The molecule has 212 valence electrons. The van der Waals surface area contributed by atoms with Crippen LogP contribution >= 0.6 is 0 Å². The highest BCUT2D eigenvalue weighted by Crippen LogP contribution is 2.42. The second-order valence-electron chi connectivity index (χ2n) is 8.86. The molecule has 0 saturated carbocycles. The number of hydrogen-bond acceptors (Lipinski definition) is 10. The molecule has 14 heteroatoms. The molecule has 0 aliphatic rings. The molecule has 0 atom stereocenters. The van der Waals surface area contributed by atoms with Crippen molar-refractivity contribution in [2.45, 2.75) is 9.79 Å². The van der Waals surface area contributed by atoms with E-state index in [1.165, 1.54) is 42.5 Å². The summed E-state index contributed by atoms with van der Waals surface area (Å²) < 4.78 is 65.6. The van der Waals surface area contributed by atoms with Crippen LogP contribution in [-0.4, -0.2) is 31.0 Å². The normalized spacial score (nSPS) is 12.3. The number of nitrogens with zero attached hydrogens (tertiary/aromatic N) is 4. The lowest BCUT2D eigenvalue weighted by molar-refractivity contribution is 0.472. The molecule has 0 fully saturated rings. The van der Waals surface area contributed by atoms with Crippen molar-refractivity contribution < 1.29 is 31.0 Å². The maximum absolute atomic E-state index is 12.2. The molecule has 42 heavy (non-hydrogen) atoms. The summed E-state index contributed by atoms with van der Waals surface area (Å²) in [6.45, 7) is 0. The lowest BCUT2D eigenvalue weighted by Gasteiger charge is -2.11. The van der Waals surface area contributed by atoms with Gasteiger partial charge in [-0.25, -0.2) is 0 Å². The Labute approximate surface area is 240 Å². The van der Waals surface area contributed by atoms with Gasteiger partial charge in [0.25, 0.3) is 20.2 Å². The zero-order valence-corrected chi connectivity index (χ0v) is 23.0. The summed E-state index contributed by atoms with van der Waals surface area (Å²) in [5.41, 5.74) is 2.07. The van der Waals surface area contributed by atoms with Gasteiger partial charge in [-0.15, -0.1) is 5.11 Å². The minimum Gasteiger partial charge on any atom is -0.505 e. The van der Waals surface area contributed by atoms with Gasteiger partial charge < -0.3 is 10.4 Å². The largest absolute Gasteiger partial charge is 0.505 e. The number of phenolic OH excluding ortho intramolecular Hbond substituents is 1. The number of para-hydroxylation sites is 1. The van der Waals surface area contributed by atoms with Crippen molar-refractivity contribution in [1.29, 1.82) is 0 Å². The number of phenols is 1. The van der Waals surface area contributed by atoms with Crippen LogP contribution in [0.4, 0.5) is 34.1 Å². The number of fused-ring (bicyclic) bond motifs is 1. The van der Waals surface area contributed by atoms with Crippen molar-refractivity contribution in [3.05, 3.63) is 103 Å². The first-order valence-electron chi connectivity index (χ1n) is 12.1. The van der Waals surface area contributed by atoms with Gasteiger partial charge in [0.15, 0.2) is 5.75 Å². The molecule has 0 aromatic heterocycles. The molecule has 5 aromatic carbocycles. The highest BCUT2D eigenvalue weighted by molar-refractivity contribution is 7.86. The van der Waals surface area contributed by atoms with Gasteiger partial charge in [-0.1, -0.05) is 18.2 Å². The molecule has 0 spiro atoms. The molecule has 0 heterocycles. The number of anilines is 2. The second kappa shape index (κ2) is 11.5. The van der Waals surface area contributed by atoms with Gasteiger partial charge in [-0.2, -0.15) is 32.2 Å². The number of aromatic hydroxyl groups is 1. The van der Waals surface area contributed by atoms with E-state index in [0.717, 1.165) is 5.69 Å². The van der Waals surface area contributed by atoms with Crippen molar-refractivity contribution in [2.24, 2.45) is 20.5 Å². The van der Waals surface area contributed by atoms with Gasteiger partial charge >= 0.3 is 0 Å². The SMILES string of the molecule is O=S(=O)(O)c1ccc(/N=N/c2ccc(/N=N/c3c(S(=O)(=O)O)cc4cc(Nc5ccccc5)ccc4c3O)cc2)cc1. The Hall–Kier alpha value is -5.02. The van der Waals surface area contributed by atoms with Crippen molar-refractivity contribution >= 4 is 65.1 Å². The van der Waals surface area contributed by atoms with E-state index in [9.17, 15) is 26.5 Å². The van der Waals surface area contributed by atoms with Crippen molar-refractivity contribution in [1.82, 2.24) is 0 Å². The zero-order chi connectivity index (χ0) is 29.9. The van der Waals surface area contributed by atoms with E-state index < -0.39 is 36.6 Å². The van der Waals surface area contributed by atoms with Crippen LogP contribution in [0.1, 0.15) is 0 Å². The van der Waals surface area contributed by atoms with Gasteiger partial charge in [0.1, 0.15) is 10.6 Å². The molecular formula is C28H21N5O7S2. The van der Waals surface area contributed by atoms with E-state index in [1.54, 1.807) is 30.3 Å². The lowest BCUT2D eigenvalue weighted by atomic mass is 10.1. The molecular weight excluding hydrogens is 582 g/mol. The van der Waals surface area contributed by atoms with Crippen LogP contribution in [0.25, 0.3) is 10.8 Å². The van der Waals surface area contributed by atoms with Crippen LogP contribution in [-0.2, 0) is 20.2 Å². The number of hydrogen-bond donors (Lipinski definition) is 4. The van der Waals surface area contributed by atoms with Crippen molar-refractivity contribution in [3.63, 3.8) is 0 Å². The molecule has 4 N–H and O–H groups in total. The summed E-state index contributed by atoms with van der Waals surface area (Å²) in [5.74, 6) is -0.472. The summed E-state index contributed by atoms with van der Waals surface area (Å²) in [5, 5.41) is 30.7. The van der Waals surface area contributed by atoms with E-state index in [2.05, 4.69) is 25.8 Å². The maximum Gasteiger partial charge on any atom is 0.296 e. The molecule has 0 aliphatic heterocycles. The van der Waals surface area contributed by atoms with E-state index in [1.807, 2.05) is 30.3 Å². The molecule has 0 saturated heterocycles. The fraction of sp³-hybridized carbons (Fsp3) is 0. The van der Waals surface area contributed by atoms with E-state index in [-0.39, 0.29) is 10.6 Å². The monoisotopic (exact) mass is 603 g/mol. The zero-order valence-electron chi connectivity index (χ0n) is 21.4. The van der Waals surface area contributed by atoms with Crippen LogP contribution in [0.15, 0.2) is 133 Å². The summed E-state index contributed by atoms with van der Waals surface area (Å²) in [6.07, 6.45) is 0. The quantitative estimate of drug-likeness (QED) is 0.103. The average molecular weight is 604 g/mol. The minimum absolute atomic E-state index is 0.268. The van der Waals surface area contributed by atoms with E-state index >= 15 is 0 Å². The van der Waals surface area contributed by atoms with Crippen LogP contribution in [0.5, 0.6) is 5.75 Å². The molecule has 0 radical (unpaired) electrons. The van der Waals surface area contributed by atoms with Gasteiger partial charge in [-0.3, -0.25) is 9.11 Å². The Morgan fingerprint density at radius 1 is 0.571 bits per heavy atom. The van der Waals surface area contributed by atoms with E-state index in [4.69, 9.17) is 4.55 Å². The number of benzene rings is 5. The minimum atomic E-state index is -4.78. The third-order valence-corrected chi connectivity index (χ3v) is 7.66. The molecule has 5 rings (SSSR count). The smallest absolute Gasteiger partial charge is 0.296 e. The molecule has 0 amide bonds. The first kappa shape index (κ1) is 28.5. The fourth-order valence-corrected chi connectivity index (χ4v) is 5.04. The summed E-state index contributed by atoms with van der Waals surface area (Å²) in [4.78, 5) is -0.880. The molecule has 0 bridgehead atoms. The van der Waals surface area contributed by atoms with Crippen LogP contribution in [0, 0.1) is 0 Å². The Kier molecular flexibility index (Phi) is 7.78. The Morgan fingerprint density at radius 2 is 1.12 bits per heavy atom. The van der Waals surface area contributed by atoms with Crippen molar-refractivity contribution in [3.8, 4) is 5.75 Å². The predicted molar refractivity (Wildman–Crippen MR) is 156 cm³/mol. The standard InChI is InChI=1S/C28H21N5O7S2/c34-28-25-15-12-23(29-19-4-2-1-3-5-19)16-18(25)17-26(42(38,39)40)27(28)33-32-21-8-6-20(7-9-21)30-31-22-10-13-24(14-11-22)41(35,36)37/h1-17,29,34H,(H,35,36,37)(H,38,39,40)/b31-30+,33-32+. The Morgan fingerprint density at radius 3 is 1.67 bits per heavy atom. The fourth-order valence-electron chi connectivity index (χ4n) is 3.90. The Balaban J connectivity index is 1.40. The van der Waals surface area contributed by atoms with Gasteiger partial charge in [0, 0.05) is 16.8 Å². The maximum atomic E-state index is 12.2. The van der Waals surface area contributed by atoms with Crippen LogP contribution in [0.3, 0.4) is 0 Å². The summed E-state index contributed by atoms with van der Waals surface area (Å²) in [7, 11) is -9.10. The number of nitrogens with one attached hydrogen (secondary N) is 1.